The molecule has 2 rings (SSSR count). The number of aliphatic imine (C=N–C) groups is 1. The second-order valence-corrected chi connectivity index (χ2v) is 2.79. The molecule has 2 heterocycles. The first-order chi connectivity index (χ1) is 5.72. The number of rotatable bonds is 1. The number of amidine groups is 1. The third-order valence-corrected chi connectivity index (χ3v) is 2.00. The second kappa shape index (κ2) is 2.58. The van der Waals surface area contributed by atoms with Gasteiger partial charge in [0, 0.05) is 0 Å². The van der Waals surface area contributed by atoms with Crippen LogP contribution in [0.1, 0.15) is 0 Å². The fraction of sp³-hybridized carbons (Fsp3) is 0.833. The lowest BCUT2D eigenvalue weighted by atomic mass is 10.1. The van der Waals surface area contributed by atoms with Gasteiger partial charge in [-0.3, -0.25) is 0 Å². The Morgan fingerprint density at radius 1 is 1.58 bits per heavy atom. The van der Waals surface area contributed by atoms with E-state index in [1.54, 1.807) is 0 Å². The molecule has 4 atom stereocenters. The van der Waals surface area contributed by atoms with Crippen LogP contribution >= 0.6 is 0 Å². The molecule has 0 aliphatic carbocycles. The van der Waals surface area contributed by atoms with Crippen LogP contribution < -0.4 is 5.73 Å². The summed E-state index contributed by atoms with van der Waals surface area (Å²) >= 11 is 0. The fourth-order valence-corrected chi connectivity index (χ4v) is 1.40. The zero-order chi connectivity index (χ0) is 8.72. The Morgan fingerprint density at radius 2 is 2.33 bits per heavy atom. The highest BCUT2D eigenvalue weighted by atomic mass is 16.6. The lowest BCUT2D eigenvalue weighted by Gasteiger charge is -2.13. The third-order valence-electron chi connectivity index (χ3n) is 2.00. The maximum atomic E-state index is 9.44. The molecular weight excluding hydrogens is 164 g/mol. The minimum absolute atomic E-state index is 0.0282. The van der Waals surface area contributed by atoms with Gasteiger partial charge in [0.1, 0.15) is 12.2 Å². The van der Waals surface area contributed by atoms with Gasteiger partial charge in [0.15, 0.2) is 12.3 Å². The Kier molecular flexibility index (Phi) is 1.67. The molecule has 0 radical (unpaired) electrons. The van der Waals surface area contributed by atoms with Crippen molar-refractivity contribution in [3.63, 3.8) is 0 Å². The molecule has 0 aromatic rings. The smallest absolute Gasteiger partial charge is 0.285 e. The summed E-state index contributed by atoms with van der Waals surface area (Å²) in [7, 11) is 0. The van der Waals surface area contributed by atoms with Crippen molar-refractivity contribution in [3.8, 4) is 0 Å². The van der Waals surface area contributed by atoms with Gasteiger partial charge in [-0.25, -0.2) is 0 Å². The summed E-state index contributed by atoms with van der Waals surface area (Å²) < 4.78 is 10.1. The van der Waals surface area contributed by atoms with Crippen molar-refractivity contribution in [1.82, 2.24) is 0 Å². The summed E-state index contributed by atoms with van der Waals surface area (Å²) in [5, 5.41) is 18.2. The van der Waals surface area contributed by atoms with Gasteiger partial charge >= 0.3 is 0 Å². The zero-order valence-corrected chi connectivity index (χ0v) is 6.25. The van der Waals surface area contributed by atoms with Gasteiger partial charge in [0.2, 0.25) is 0 Å². The maximum Gasteiger partial charge on any atom is 0.285 e. The van der Waals surface area contributed by atoms with Crippen LogP contribution in [0.4, 0.5) is 0 Å². The van der Waals surface area contributed by atoms with Crippen molar-refractivity contribution in [1.29, 1.82) is 0 Å². The molecule has 4 N–H and O–H groups in total. The number of aliphatic hydroxyl groups is 2. The van der Waals surface area contributed by atoms with Crippen molar-refractivity contribution in [3.05, 3.63) is 0 Å². The van der Waals surface area contributed by atoms with Crippen molar-refractivity contribution in [2.24, 2.45) is 10.7 Å². The molecule has 0 amide bonds. The minimum atomic E-state index is -0.857. The Bertz CT molecular complexity index is 220. The zero-order valence-electron chi connectivity index (χ0n) is 6.25. The molecule has 1 saturated heterocycles. The van der Waals surface area contributed by atoms with E-state index in [1.807, 2.05) is 0 Å². The summed E-state index contributed by atoms with van der Waals surface area (Å²) in [6, 6.07) is 0.0282. The number of aliphatic hydroxyl groups excluding tert-OH is 2. The van der Waals surface area contributed by atoms with E-state index in [0.29, 0.717) is 0 Å². The Balaban J connectivity index is 2.10. The third kappa shape index (κ3) is 0.961. The van der Waals surface area contributed by atoms with E-state index in [0.717, 1.165) is 0 Å². The van der Waals surface area contributed by atoms with Crippen LogP contribution in [0.2, 0.25) is 0 Å². The van der Waals surface area contributed by atoms with Gasteiger partial charge in [0.05, 0.1) is 6.61 Å². The molecule has 0 spiro atoms. The highest BCUT2D eigenvalue weighted by molar-refractivity contribution is 5.73. The highest BCUT2D eigenvalue weighted by Crippen LogP contribution is 2.28. The van der Waals surface area contributed by atoms with Gasteiger partial charge in [-0.15, -0.1) is 0 Å². The number of ether oxygens (including phenoxy) is 2. The average molecular weight is 174 g/mol. The lowest BCUT2D eigenvalue weighted by Crippen LogP contribution is -2.35. The van der Waals surface area contributed by atoms with E-state index < -0.39 is 24.5 Å². The van der Waals surface area contributed by atoms with Crippen molar-refractivity contribution >= 4 is 6.02 Å². The molecule has 12 heavy (non-hydrogen) atoms. The first-order valence-corrected chi connectivity index (χ1v) is 3.66. The van der Waals surface area contributed by atoms with E-state index in [2.05, 4.69) is 4.99 Å². The van der Waals surface area contributed by atoms with Crippen molar-refractivity contribution in [2.75, 3.05) is 6.61 Å². The molecule has 2 aliphatic heterocycles. The molecule has 1 unspecified atom stereocenters. The molecule has 6 nitrogen and oxygen atoms in total. The maximum absolute atomic E-state index is 9.44. The van der Waals surface area contributed by atoms with E-state index in [-0.39, 0.29) is 12.6 Å². The molecule has 6 heteroatoms. The second-order valence-electron chi connectivity index (χ2n) is 2.79. The lowest BCUT2D eigenvalue weighted by molar-refractivity contribution is -0.0206. The predicted octanol–water partition coefficient (Wildman–Crippen LogP) is -2.22. The van der Waals surface area contributed by atoms with Crippen LogP contribution in [-0.4, -0.2) is 47.4 Å². The normalized spacial score (nSPS) is 45.3. The van der Waals surface area contributed by atoms with Crippen LogP contribution in [0.25, 0.3) is 0 Å². The molecule has 68 valence electrons. The standard InChI is InChI=1S/C6H10N2O4/c7-6-8-5-4(12-6)3(10)2(1-9)11-5/h2-5,9-10H,1H2,(H2,7,8)/t2-,3+,4?,5+/m0/s1. The van der Waals surface area contributed by atoms with Crippen molar-refractivity contribution in [2.45, 2.75) is 24.5 Å². The SMILES string of the molecule is NC1=N[C@@H]2O[C@@H](CO)[C@@H](O)C2O1. The summed E-state index contributed by atoms with van der Waals surface area (Å²) in [6.07, 6.45) is -2.58. The minimum Gasteiger partial charge on any atom is -0.454 e. The number of nitrogens with zero attached hydrogens (tertiary/aromatic N) is 1. The first kappa shape index (κ1) is 7.78. The number of hydrogen-bond acceptors (Lipinski definition) is 6. The largest absolute Gasteiger partial charge is 0.454 e. The first-order valence-electron chi connectivity index (χ1n) is 3.66. The molecule has 2 aliphatic rings. The summed E-state index contributed by atoms with van der Waals surface area (Å²) in [5.41, 5.74) is 5.25. The van der Waals surface area contributed by atoms with Gasteiger partial charge in [-0.05, 0) is 0 Å². The topological polar surface area (TPSA) is 97.3 Å². The monoisotopic (exact) mass is 174 g/mol. The van der Waals surface area contributed by atoms with Crippen LogP contribution in [0.3, 0.4) is 0 Å². The Morgan fingerprint density at radius 3 is 2.92 bits per heavy atom. The van der Waals surface area contributed by atoms with E-state index in [9.17, 15) is 5.11 Å². The quantitative estimate of drug-likeness (QED) is 0.418. The van der Waals surface area contributed by atoms with E-state index in [1.165, 1.54) is 0 Å². The predicted molar refractivity (Wildman–Crippen MR) is 38.2 cm³/mol. The molecule has 0 saturated carbocycles. The average Bonchev–Trinajstić information content (AvgIpc) is 2.51. The van der Waals surface area contributed by atoms with Gasteiger partial charge in [-0.1, -0.05) is 0 Å². The van der Waals surface area contributed by atoms with E-state index >= 15 is 0 Å². The summed E-state index contributed by atoms with van der Waals surface area (Å²) in [6.45, 7) is -0.243. The highest BCUT2D eigenvalue weighted by Gasteiger charge is 2.48. The number of nitrogens with two attached hydrogens (primary N) is 1. The van der Waals surface area contributed by atoms with Gasteiger partial charge < -0.3 is 25.4 Å². The van der Waals surface area contributed by atoms with Crippen LogP contribution in [0, 0.1) is 0 Å². The summed E-state index contributed by atoms with van der Waals surface area (Å²) in [4.78, 5) is 3.78. The van der Waals surface area contributed by atoms with E-state index in [4.69, 9.17) is 20.3 Å². The molecular formula is C6H10N2O4. The van der Waals surface area contributed by atoms with Crippen LogP contribution in [-0.2, 0) is 9.47 Å². The molecule has 1 fully saturated rings. The van der Waals surface area contributed by atoms with Gasteiger partial charge in [-0.2, -0.15) is 4.99 Å². The molecule has 0 bridgehead atoms. The summed E-state index contributed by atoms with van der Waals surface area (Å²) in [5.74, 6) is 0. The fourth-order valence-electron chi connectivity index (χ4n) is 1.40. The number of fused-ring (bicyclic) bond motifs is 1. The Hall–Kier alpha value is -0.850. The molecule has 0 aromatic carbocycles. The van der Waals surface area contributed by atoms with Crippen LogP contribution in [0.15, 0.2) is 4.99 Å². The van der Waals surface area contributed by atoms with Crippen LogP contribution in [0.5, 0.6) is 0 Å². The van der Waals surface area contributed by atoms with Crippen molar-refractivity contribution < 1.29 is 19.7 Å². The molecule has 0 aromatic heterocycles. The Labute approximate surface area is 68.6 Å². The van der Waals surface area contributed by atoms with Gasteiger partial charge in [0.25, 0.3) is 6.02 Å². The number of hydrogen-bond donors (Lipinski definition) is 3.